The maximum atomic E-state index is 12.8. The first-order chi connectivity index (χ1) is 19.5. The van der Waals surface area contributed by atoms with Gasteiger partial charge in [-0.2, -0.15) is 0 Å². The van der Waals surface area contributed by atoms with E-state index in [2.05, 4.69) is 17.0 Å². The van der Waals surface area contributed by atoms with Crippen molar-refractivity contribution in [1.82, 2.24) is 9.78 Å². The van der Waals surface area contributed by atoms with E-state index in [1.165, 1.54) is 36.4 Å². The van der Waals surface area contributed by atoms with Crippen LogP contribution in [-0.2, 0) is 4.79 Å². The van der Waals surface area contributed by atoms with E-state index in [0.717, 1.165) is 35.7 Å². The molecule has 0 bridgehead atoms. The molecule has 0 aliphatic heterocycles. The van der Waals surface area contributed by atoms with Crippen LogP contribution in [-0.4, -0.2) is 28.6 Å². The van der Waals surface area contributed by atoms with Gasteiger partial charge >= 0.3 is 5.97 Å². The molecule has 0 fully saturated rings. The number of carbonyl (C=O) groups excluding carboxylic acids is 1. The Morgan fingerprint density at radius 2 is 1.60 bits per heavy atom. The summed E-state index contributed by atoms with van der Waals surface area (Å²) in [5.74, 6) is 0.750. The molecule has 7 heteroatoms. The van der Waals surface area contributed by atoms with E-state index < -0.39 is 5.97 Å². The molecular weight excluding hydrogens is 502 g/mol. The van der Waals surface area contributed by atoms with Gasteiger partial charge in [0.25, 0.3) is 5.56 Å². The fourth-order valence-corrected chi connectivity index (χ4v) is 4.10. The van der Waals surface area contributed by atoms with E-state index in [0.29, 0.717) is 17.0 Å². The molecule has 40 heavy (non-hydrogen) atoms. The highest BCUT2D eigenvalue weighted by molar-refractivity contribution is 5.88. The van der Waals surface area contributed by atoms with Crippen LogP contribution in [0.4, 0.5) is 5.69 Å². The second kappa shape index (κ2) is 14.5. The molecule has 1 aromatic heterocycles. The number of nitrogens with zero attached hydrogens (tertiary/aromatic N) is 2. The van der Waals surface area contributed by atoms with Crippen molar-refractivity contribution in [3.63, 3.8) is 0 Å². The molecular formula is C33H35N3O4. The minimum Gasteiger partial charge on any atom is -0.494 e. The molecule has 3 aromatic carbocycles. The van der Waals surface area contributed by atoms with E-state index in [1.54, 1.807) is 36.6 Å². The van der Waals surface area contributed by atoms with Crippen molar-refractivity contribution in [1.29, 1.82) is 0 Å². The van der Waals surface area contributed by atoms with Crippen LogP contribution < -0.4 is 15.0 Å². The number of benzene rings is 3. The SMILES string of the molecule is CCCCCCCOc1ccc(/C=C/C(=O)Oc2ccc(N=Cc3c(C)[nH]n(-c4ccccc4)c3=O)cc2)cc1. The maximum absolute atomic E-state index is 12.8. The molecule has 0 atom stereocenters. The minimum absolute atomic E-state index is 0.176. The van der Waals surface area contributed by atoms with Crippen molar-refractivity contribution >= 4 is 23.9 Å². The molecule has 0 radical (unpaired) electrons. The van der Waals surface area contributed by atoms with Crippen LogP contribution in [0.2, 0.25) is 0 Å². The molecule has 0 spiro atoms. The molecule has 0 aliphatic rings. The Labute approximate surface area is 234 Å². The van der Waals surface area contributed by atoms with E-state index >= 15 is 0 Å². The van der Waals surface area contributed by atoms with Crippen molar-refractivity contribution in [3.05, 3.63) is 112 Å². The topological polar surface area (TPSA) is 85.7 Å². The molecule has 0 unspecified atom stereocenters. The lowest BCUT2D eigenvalue weighted by molar-refractivity contribution is -0.128. The van der Waals surface area contributed by atoms with Gasteiger partial charge in [0.05, 0.1) is 23.5 Å². The Bertz CT molecular complexity index is 1480. The van der Waals surface area contributed by atoms with Gasteiger partial charge in [0.15, 0.2) is 0 Å². The smallest absolute Gasteiger partial charge is 0.336 e. The first-order valence-electron chi connectivity index (χ1n) is 13.7. The molecule has 1 N–H and O–H groups in total. The Morgan fingerprint density at radius 3 is 2.33 bits per heavy atom. The molecule has 206 valence electrons. The number of aromatic nitrogens is 2. The molecule has 4 aromatic rings. The third-order valence-corrected chi connectivity index (χ3v) is 6.34. The number of unbranched alkanes of at least 4 members (excludes halogenated alkanes) is 4. The van der Waals surface area contributed by atoms with Crippen LogP contribution in [0, 0.1) is 6.92 Å². The summed E-state index contributed by atoms with van der Waals surface area (Å²) in [6, 6.07) is 23.8. The number of aryl methyl sites for hydroxylation is 1. The highest BCUT2D eigenvalue weighted by atomic mass is 16.5. The predicted molar refractivity (Wildman–Crippen MR) is 160 cm³/mol. The summed E-state index contributed by atoms with van der Waals surface area (Å²) < 4.78 is 12.7. The number of nitrogens with one attached hydrogen (secondary N) is 1. The summed E-state index contributed by atoms with van der Waals surface area (Å²) in [6.45, 7) is 4.76. The van der Waals surface area contributed by atoms with Crippen molar-refractivity contribution in [2.45, 2.75) is 46.0 Å². The van der Waals surface area contributed by atoms with Gasteiger partial charge in [-0.25, -0.2) is 9.48 Å². The molecule has 0 aliphatic carbocycles. The van der Waals surface area contributed by atoms with Gasteiger partial charge in [0.2, 0.25) is 0 Å². The summed E-state index contributed by atoms with van der Waals surface area (Å²) in [5.41, 5.74) is 3.28. The molecule has 4 rings (SSSR count). The fraction of sp³-hybridized carbons (Fsp3) is 0.242. The predicted octanol–water partition coefficient (Wildman–Crippen LogP) is 7.19. The number of aliphatic imine (C=N–C) groups is 1. The summed E-state index contributed by atoms with van der Waals surface area (Å²) in [4.78, 5) is 29.5. The summed E-state index contributed by atoms with van der Waals surface area (Å²) in [6.07, 6.45) is 10.7. The van der Waals surface area contributed by atoms with E-state index in [9.17, 15) is 9.59 Å². The van der Waals surface area contributed by atoms with E-state index in [4.69, 9.17) is 9.47 Å². The van der Waals surface area contributed by atoms with E-state index in [-0.39, 0.29) is 5.56 Å². The summed E-state index contributed by atoms with van der Waals surface area (Å²) in [7, 11) is 0. The van der Waals surface area contributed by atoms with Crippen LogP contribution in [0.1, 0.15) is 55.8 Å². The Hall–Kier alpha value is -4.65. The summed E-state index contributed by atoms with van der Waals surface area (Å²) in [5, 5.41) is 3.08. The van der Waals surface area contributed by atoms with Gasteiger partial charge in [0.1, 0.15) is 11.5 Å². The zero-order valence-corrected chi connectivity index (χ0v) is 23.0. The zero-order chi connectivity index (χ0) is 28.2. The Kier molecular flexibility index (Phi) is 10.3. The fourth-order valence-electron chi connectivity index (χ4n) is 4.10. The normalized spacial score (nSPS) is 11.3. The average Bonchev–Trinajstić information content (AvgIpc) is 3.27. The molecule has 1 heterocycles. The summed E-state index contributed by atoms with van der Waals surface area (Å²) >= 11 is 0. The van der Waals surface area contributed by atoms with Gasteiger partial charge in [-0.05, 0) is 73.5 Å². The molecule has 7 nitrogen and oxygen atoms in total. The van der Waals surface area contributed by atoms with Crippen LogP contribution in [0.15, 0.2) is 94.7 Å². The third-order valence-electron chi connectivity index (χ3n) is 6.34. The van der Waals surface area contributed by atoms with Gasteiger partial charge in [-0.3, -0.25) is 14.9 Å². The molecule has 0 saturated heterocycles. The lowest BCUT2D eigenvalue weighted by Gasteiger charge is -2.06. The first kappa shape index (κ1) is 28.4. The van der Waals surface area contributed by atoms with Crippen molar-refractivity contribution < 1.29 is 14.3 Å². The number of hydrogen-bond donors (Lipinski definition) is 1. The quantitative estimate of drug-likeness (QED) is 0.0643. The number of para-hydroxylation sites is 1. The van der Waals surface area contributed by atoms with Gasteiger partial charge in [-0.15, -0.1) is 0 Å². The van der Waals surface area contributed by atoms with Crippen molar-refractivity contribution in [3.8, 4) is 17.2 Å². The minimum atomic E-state index is -0.479. The van der Waals surface area contributed by atoms with Crippen LogP contribution in [0.5, 0.6) is 11.5 Å². The standard InChI is InChI=1S/C33H35N3O4/c1-3-4-5-6-10-23-39-29-18-13-26(14-19-29)15-22-32(37)40-30-20-16-27(17-21-30)34-24-31-25(2)35-36(33(31)38)28-11-8-7-9-12-28/h7-9,11-22,24,35H,3-6,10,23H2,1-2H3/b22-15+,34-24?. The van der Waals surface area contributed by atoms with Gasteiger partial charge in [-0.1, -0.05) is 62.9 Å². The molecule has 0 amide bonds. The lowest BCUT2D eigenvalue weighted by Crippen LogP contribution is -2.17. The number of aromatic amines is 1. The number of esters is 1. The van der Waals surface area contributed by atoms with E-state index in [1.807, 2.05) is 61.5 Å². The second-order valence-electron chi connectivity index (χ2n) is 9.46. The monoisotopic (exact) mass is 537 g/mol. The zero-order valence-electron chi connectivity index (χ0n) is 23.0. The number of rotatable bonds is 13. The Balaban J connectivity index is 1.27. The highest BCUT2D eigenvalue weighted by Gasteiger charge is 2.10. The number of ether oxygens (including phenoxy) is 2. The first-order valence-corrected chi connectivity index (χ1v) is 13.7. The largest absolute Gasteiger partial charge is 0.494 e. The number of H-pyrrole nitrogens is 1. The van der Waals surface area contributed by atoms with Crippen LogP contribution >= 0.6 is 0 Å². The third kappa shape index (κ3) is 8.17. The molecule has 0 saturated carbocycles. The highest BCUT2D eigenvalue weighted by Crippen LogP contribution is 2.19. The van der Waals surface area contributed by atoms with Crippen LogP contribution in [0.25, 0.3) is 11.8 Å². The average molecular weight is 538 g/mol. The van der Waals surface area contributed by atoms with Crippen LogP contribution in [0.3, 0.4) is 0 Å². The van der Waals surface area contributed by atoms with Gasteiger partial charge in [0, 0.05) is 18.0 Å². The van der Waals surface area contributed by atoms with Crippen molar-refractivity contribution in [2.75, 3.05) is 6.61 Å². The number of hydrogen-bond acceptors (Lipinski definition) is 5. The van der Waals surface area contributed by atoms with Crippen molar-refractivity contribution in [2.24, 2.45) is 4.99 Å². The van der Waals surface area contributed by atoms with Gasteiger partial charge < -0.3 is 9.47 Å². The lowest BCUT2D eigenvalue weighted by atomic mass is 10.2. The Morgan fingerprint density at radius 1 is 0.900 bits per heavy atom. The maximum Gasteiger partial charge on any atom is 0.336 e. The second-order valence-corrected chi connectivity index (χ2v) is 9.46. The number of carbonyl (C=O) groups is 1.